The number of anilines is 1. The zero-order valence-electron chi connectivity index (χ0n) is 16.2. The van der Waals surface area contributed by atoms with Crippen molar-refractivity contribution >= 4 is 11.6 Å². The van der Waals surface area contributed by atoms with Gasteiger partial charge in [0.05, 0.1) is 20.8 Å². The molecule has 0 unspecified atom stereocenters. The van der Waals surface area contributed by atoms with Crippen LogP contribution in [0.3, 0.4) is 0 Å². The molecule has 0 heterocycles. The summed E-state index contributed by atoms with van der Waals surface area (Å²) in [4.78, 5) is 14.0. The smallest absolute Gasteiger partial charge is 0.222 e. The minimum atomic E-state index is 0.0984. The van der Waals surface area contributed by atoms with E-state index in [9.17, 15) is 4.79 Å². The summed E-state index contributed by atoms with van der Waals surface area (Å²) in [5.41, 5.74) is 7.66. The summed E-state index contributed by atoms with van der Waals surface area (Å²) in [5.74, 6) is 2.13. The molecule has 0 aromatic heterocycles. The quantitative estimate of drug-likeness (QED) is 0.512. The van der Waals surface area contributed by atoms with Gasteiger partial charge in [0, 0.05) is 43.9 Å². The number of hydrogen-bond acceptors (Lipinski definition) is 5. The summed E-state index contributed by atoms with van der Waals surface area (Å²) in [6, 6.07) is 13.0. The third-order valence-electron chi connectivity index (χ3n) is 4.32. The second-order valence-corrected chi connectivity index (χ2v) is 6.26. The van der Waals surface area contributed by atoms with E-state index in [0.717, 1.165) is 17.7 Å². The number of methoxy groups -OCH3 is 2. The number of rotatable bonds is 10. The molecule has 0 spiro atoms. The van der Waals surface area contributed by atoms with Crippen molar-refractivity contribution in [2.45, 2.75) is 19.3 Å². The van der Waals surface area contributed by atoms with E-state index in [-0.39, 0.29) is 5.91 Å². The van der Waals surface area contributed by atoms with E-state index >= 15 is 0 Å². The van der Waals surface area contributed by atoms with Gasteiger partial charge in [-0.25, -0.2) is 0 Å². The SMILES string of the molecule is COc1cc(OC)cc(OCCCN(C)C(=O)CCc2ccccc2N)c1. The molecular formula is C21H28N2O4. The van der Waals surface area contributed by atoms with Crippen molar-refractivity contribution in [2.75, 3.05) is 40.2 Å². The average Bonchev–Trinajstić information content (AvgIpc) is 2.69. The molecule has 2 aromatic rings. The molecule has 146 valence electrons. The van der Waals surface area contributed by atoms with E-state index in [0.29, 0.717) is 43.2 Å². The number of para-hydroxylation sites is 1. The van der Waals surface area contributed by atoms with Crippen LogP contribution >= 0.6 is 0 Å². The van der Waals surface area contributed by atoms with Crippen LogP contribution in [-0.2, 0) is 11.2 Å². The monoisotopic (exact) mass is 372 g/mol. The third-order valence-corrected chi connectivity index (χ3v) is 4.32. The second kappa shape index (κ2) is 10.3. The highest BCUT2D eigenvalue weighted by molar-refractivity contribution is 5.76. The van der Waals surface area contributed by atoms with Gasteiger partial charge in [0.2, 0.25) is 5.91 Å². The van der Waals surface area contributed by atoms with E-state index in [1.807, 2.05) is 43.4 Å². The Morgan fingerprint density at radius 1 is 1.04 bits per heavy atom. The number of nitrogen functional groups attached to an aromatic ring is 1. The maximum atomic E-state index is 12.3. The Kier molecular flexibility index (Phi) is 7.79. The van der Waals surface area contributed by atoms with Crippen molar-refractivity contribution in [3.05, 3.63) is 48.0 Å². The van der Waals surface area contributed by atoms with E-state index in [4.69, 9.17) is 19.9 Å². The predicted molar refractivity (Wildman–Crippen MR) is 106 cm³/mol. The van der Waals surface area contributed by atoms with Crippen molar-refractivity contribution in [3.63, 3.8) is 0 Å². The molecule has 6 heteroatoms. The molecule has 0 aliphatic carbocycles. The second-order valence-electron chi connectivity index (χ2n) is 6.26. The number of carbonyl (C=O) groups is 1. The molecule has 27 heavy (non-hydrogen) atoms. The number of benzene rings is 2. The first-order valence-corrected chi connectivity index (χ1v) is 8.96. The van der Waals surface area contributed by atoms with Crippen LogP contribution in [0.15, 0.2) is 42.5 Å². The number of ether oxygens (including phenoxy) is 3. The molecule has 2 aromatic carbocycles. The van der Waals surface area contributed by atoms with E-state index in [1.165, 1.54) is 0 Å². The Morgan fingerprint density at radius 3 is 2.30 bits per heavy atom. The number of nitrogens with zero attached hydrogens (tertiary/aromatic N) is 1. The third kappa shape index (κ3) is 6.40. The molecule has 0 aliphatic heterocycles. The van der Waals surface area contributed by atoms with Crippen LogP contribution in [0.2, 0.25) is 0 Å². The highest BCUT2D eigenvalue weighted by atomic mass is 16.5. The number of hydrogen-bond donors (Lipinski definition) is 1. The molecule has 2 N–H and O–H groups in total. The van der Waals surface area contributed by atoms with Gasteiger partial charge >= 0.3 is 0 Å². The Balaban J connectivity index is 1.73. The minimum Gasteiger partial charge on any atom is -0.496 e. The molecule has 6 nitrogen and oxygen atoms in total. The molecule has 0 saturated carbocycles. The van der Waals surface area contributed by atoms with E-state index in [1.54, 1.807) is 25.2 Å². The molecule has 0 aliphatic rings. The van der Waals surface area contributed by atoms with Gasteiger partial charge in [0.25, 0.3) is 0 Å². The Bertz CT molecular complexity index is 726. The standard InChI is InChI=1S/C21H28N2O4/c1-23(21(24)10-9-16-7-4-5-8-20(16)22)11-6-12-27-19-14-17(25-2)13-18(15-19)26-3/h4-5,7-8,13-15H,6,9-12,22H2,1-3H3. The number of carbonyl (C=O) groups excluding carboxylic acids is 1. The zero-order chi connectivity index (χ0) is 19.6. The maximum Gasteiger partial charge on any atom is 0.222 e. The maximum absolute atomic E-state index is 12.3. The lowest BCUT2D eigenvalue weighted by atomic mass is 10.1. The van der Waals surface area contributed by atoms with Gasteiger partial charge < -0.3 is 24.8 Å². The molecule has 1 amide bonds. The van der Waals surface area contributed by atoms with E-state index < -0.39 is 0 Å². The van der Waals surface area contributed by atoms with Crippen LogP contribution in [-0.4, -0.2) is 45.2 Å². The van der Waals surface area contributed by atoms with Gasteiger partial charge in [-0.1, -0.05) is 18.2 Å². The lowest BCUT2D eigenvalue weighted by Gasteiger charge is -2.18. The van der Waals surface area contributed by atoms with Crippen LogP contribution < -0.4 is 19.9 Å². The summed E-state index contributed by atoms with van der Waals surface area (Å²) >= 11 is 0. The van der Waals surface area contributed by atoms with Crippen LogP contribution in [0.4, 0.5) is 5.69 Å². The fraction of sp³-hybridized carbons (Fsp3) is 0.381. The van der Waals surface area contributed by atoms with Crippen molar-refractivity contribution < 1.29 is 19.0 Å². The summed E-state index contributed by atoms with van der Waals surface area (Å²) in [6.07, 6.45) is 1.82. The predicted octanol–water partition coefficient (Wildman–Crippen LogP) is 3.15. The van der Waals surface area contributed by atoms with Crippen molar-refractivity contribution in [1.82, 2.24) is 4.90 Å². The summed E-state index contributed by atoms with van der Waals surface area (Å²) in [7, 11) is 5.01. The number of aryl methyl sites for hydroxylation is 1. The fourth-order valence-corrected chi connectivity index (χ4v) is 2.68. The topological polar surface area (TPSA) is 74.0 Å². The van der Waals surface area contributed by atoms with E-state index in [2.05, 4.69) is 0 Å². The van der Waals surface area contributed by atoms with Crippen LogP contribution in [0, 0.1) is 0 Å². The van der Waals surface area contributed by atoms with Crippen LogP contribution in [0.1, 0.15) is 18.4 Å². The largest absolute Gasteiger partial charge is 0.496 e. The first-order chi connectivity index (χ1) is 13.0. The molecular weight excluding hydrogens is 344 g/mol. The van der Waals surface area contributed by atoms with Gasteiger partial charge in [-0.2, -0.15) is 0 Å². The van der Waals surface area contributed by atoms with Gasteiger partial charge in [-0.05, 0) is 24.5 Å². The summed E-state index contributed by atoms with van der Waals surface area (Å²) < 4.78 is 16.2. The molecule has 0 atom stereocenters. The molecule has 0 radical (unpaired) electrons. The molecule has 0 bridgehead atoms. The lowest BCUT2D eigenvalue weighted by Crippen LogP contribution is -2.28. The van der Waals surface area contributed by atoms with Gasteiger partial charge in [0.15, 0.2) is 0 Å². The molecule has 2 rings (SSSR count). The van der Waals surface area contributed by atoms with Crippen LogP contribution in [0.5, 0.6) is 17.2 Å². The van der Waals surface area contributed by atoms with Gasteiger partial charge in [0.1, 0.15) is 17.2 Å². The Hall–Kier alpha value is -2.89. The highest BCUT2D eigenvalue weighted by Gasteiger charge is 2.10. The normalized spacial score (nSPS) is 10.3. The van der Waals surface area contributed by atoms with Crippen molar-refractivity contribution in [1.29, 1.82) is 0 Å². The molecule has 0 fully saturated rings. The minimum absolute atomic E-state index is 0.0984. The van der Waals surface area contributed by atoms with Crippen LogP contribution in [0.25, 0.3) is 0 Å². The Labute approximate surface area is 160 Å². The first-order valence-electron chi connectivity index (χ1n) is 8.96. The lowest BCUT2D eigenvalue weighted by molar-refractivity contribution is -0.129. The highest BCUT2D eigenvalue weighted by Crippen LogP contribution is 2.27. The number of amides is 1. The van der Waals surface area contributed by atoms with Gasteiger partial charge in [-0.15, -0.1) is 0 Å². The average molecular weight is 372 g/mol. The first kappa shape index (κ1) is 20.4. The summed E-state index contributed by atoms with van der Waals surface area (Å²) in [6.45, 7) is 1.13. The van der Waals surface area contributed by atoms with Gasteiger partial charge in [-0.3, -0.25) is 4.79 Å². The fourth-order valence-electron chi connectivity index (χ4n) is 2.68. The molecule has 0 saturated heterocycles. The number of nitrogens with two attached hydrogens (primary N) is 1. The van der Waals surface area contributed by atoms with Crippen molar-refractivity contribution in [3.8, 4) is 17.2 Å². The zero-order valence-corrected chi connectivity index (χ0v) is 16.2. The Morgan fingerprint density at radius 2 is 1.67 bits per heavy atom. The summed E-state index contributed by atoms with van der Waals surface area (Å²) in [5, 5.41) is 0. The van der Waals surface area contributed by atoms with Crippen molar-refractivity contribution in [2.24, 2.45) is 0 Å².